The number of rotatable bonds is 2. The number of nitrogens with zero attached hydrogens (tertiary/aromatic N) is 3. The molecule has 0 radical (unpaired) electrons. The second-order valence-corrected chi connectivity index (χ2v) is 2.13. The number of halogens is 2. The molecule has 6 heteroatoms. The van der Waals surface area contributed by atoms with Crippen LogP contribution in [0.4, 0.5) is 14.5 Å². The van der Waals surface area contributed by atoms with E-state index >= 15 is 0 Å². The minimum atomic E-state index is -0.823. The molecule has 1 aromatic carbocycles. The van der Waals surface area contributed by atoms with E-state index in [9.17, 15) is 8.78 Å². The minimum absolute atomic E-state index is 0.227. The highest BCUT2D eigenvalue weighted by atomic mass is 19.1. The van der Waals surface area contributed by atoms with Gasteiger partial charge in [0.1, 0.15) is 5.82 Å². The van der Waals surface area contributed by atoms with Crippen LogP contribution in [0.15, 0.2) is 17.2 Å². The van der Waals surface area contributed by atoms with Crippen LogP contribution in [0.25, 0.3) is 10.4 Å². The fourth-order valence-corrected chi connectivity index (χ4v) is 0.799. The summed E-state index contributed by atoms with van der Waals surface area (Å²) in [6.45, 7) is 0. The van der Waals surface area contributed by atoms with Gasteiger partial charge < -0.3 is 4.74 Å². The predicted octanol–water partition coefficient (Wildman–Crippen LogP) is 2.92. The van der Waals surface area contributed by atoms with E-state index in [0.29, 0.717) is 0 Å². The molecular weight excluding hydrogens is 180 g/mol. The van der Waals surface area contributed by atoms with E-state index in [1.54, 1.807) is 0 Å². The molecule has 0 saturated carbocycles. The molecule has 0 fully saturated rings. The van der Waals surface area contributed by atoms with Crippen LogP contribution in [0.3, 0.4) is 0 Å². The average Bonchev–Trinajstić information content (AvgIpc) is 2.11. The Balaban J connectivity index is 3.27. The standard InChI is InChI=1S/C7H5F2N3O/c1-13-7-3-4(8)6(11-12-10)2-5(7)9/h2-3H,1H3. The molecule has 1 aromatic rings. The van der Waals surface area contributed by atoms with Crippen molar-refractivity contribution in [3.05, 3.63) is 34.2 Å². The van der Waals surface area contributed by atoms with Gasteiger partial charge in [-0.1, -0.05) is 5.11 Å². The van der Waals surface area contributed by atoms with Crippen molar-refractivity contribution < 1.29 is 13.5 Å². The van der Waals surface area contributed by atoms with Gasteiger partial charge in [0.2, 0.25) is 0 Å². The first-order valence-corrected chi connectivity index (χ1v) is 3.27. The van der Waals surface area contributed by atoms with E-state index in [-0.39, 0.29) is 11.4 Å². The molecule has 0 aliphatic rings. The molecule has 13 heavy (non-hydrogen) atoms. The highest BCUT2D eigenvalue weighted by molar-refractivity contribution is 5.43. The van der Waals surface area contributed by atoms with Crippen molar-refractivity contribution in [3.8, 4) is 5.75 Å². The molecular formula is C7H5F2N3O. The smallest absolute Gasteiger partial charge is 0.165 e. The zero-order valence-corrected chi connectivity index (χ0v) is 6.66. The summed E-state index contributed by atoms with van der Waals surface area (Å²) >= 11 is 0. The number of benzene rings is 1. The third kappa shape index (κ3) is 1.86. The molecule has 0 unspecified atom stereocenters. The van der Waals surface area contributed by atoms with Crippen molar-refractivity contribution in [1.82, 2.24) is 0 Å². The third-order valence-electron chi connectivity index (χ3n) is 1.37. The number of azide groups is 1. The lowest BCUT2D eigenvalue weighted by molar-refractivity contribution is 0.383. The van der Waals surface area contributed by atoms with Crippen LogP contribution in [0, 0.1) is 11.6 Å². The molecule has 0 aromatic heterocycles. The summed E-state index contributed by atoms with van der Waals surface area (Å²) in [7, 11) is 1.21. The van der Waals surface area contributed by atoms with Crippen molar-refractivity contribution in [2.75, 3.05) is 7.11 Å². The second kappa shape index (κ2) is 3.73. The Bertz CT molecular complexity index is 374. The van der Waals surface area contributed by atoms with E-state index in [1.807, 2.05) is 0 Å². The van der Waals surface area contributed by atoms with Crippen LogP contribution >= 0.6 is 0 Å². The monoisotopic (exact) mass is 185 g/mol. The van der Waals surface area contributed by atoms with Gasteiger partial charge in [-0.15, -0.1) is 0 Å². The number of methoxy groups -OCH3 is 1. The lowest BCUT2D eigenvalue weighted by Crippen LogP contribution is -1.89. The summed E-state index contributed by atoms with van der Waals surface area (Å²) in [6, 6.07) is 1.59. The summed E-state index contributed by atoms with van der Waals surface area (Å²) in [5.74, 6) is -1.82. The normalized spacial score (nSPS) is 9.15. The molecule has 0 heterocycles. The molecule has 1 rings (SSSR count). The maximum absolute atomic E-state index is 12.9. The largest absolute Gasteiger partial charge is 0.494 e. The summed E-state index contributed by atoms with van der Waals surface area (Å²) in [6.07, 6.45) is 0. The van der Waals surface area contributed by atoms with Gasteiger partial charge in [-0.05, 0) is 11.6 Å². The Hall–Kier alpha value is -1.81. The zero-order valence-electron chi connectivity index (χ0n) is 6.66. The Kier molecular flexibility index (Phi) is 2.66. The first-order chi connectivity index (χ1) is 6.19. The summed E-state index contributed by atoms with van der Waals surface area (Å²) in [5, 5.41) is 2.95. The maximum Gasteiger partial charge on any atom is 0.165 e. The van der Waals surface area contributed by atoms with Crippen LogP contribution in [0.2, 0.25) is 0 Å². The lowest BCUT2D eigenvalue weighted by atomic mass is 10.3. The Morgan fingerprint density at radius 3 is 2.62 bits per heavy atom. The molecule has 0 amide bonds. The molecule has 68 valence electrons. The maximum atomic E-state index is 12.9. The highest BCUT2D eigenvalue weighted by Crippen LogP contribution is 2.26. The number of ether oxygens (including phenoxy) is 1. The minimum Gasteiger partial charge on any atom is -0.494 e. The molecule has 0 N–H and O–H groups in total. The van der Waals surface area contributed by atoms with Crippen LogP contribution < -0.4 is 4.74 Å². The van der Waals surface area contributed by atoms with E-state index in [1.165, 1.54) is 7.11 Å². The van der Waals surface area contributed by atoms with E-state index in [2.05, 4.69) is 14.8 Å². The van der Waals surface area contributed by atoms with Gasteiger partial charge in [0, 0.05) is 11.0 Å². The quantitative estimate of drug-likeness (QED) is 0.397. The summed E-state index contributed by atoms with van der Waals surface area (Å²) in [5.41, 5.74) is 7.61. The third-order valence-corrected chi connectivity index (χ3v) is 1.37. The molecule has 0 aliphatic carbocycles. The van der Waals surface area contributed by atoms with Crippen LogP contribution in [-0.4, -0.2) is 7.11 Å². The van der Waals surface area contributed by atoms with Gasteiger partial charge in [-0.25, -0.2) is 8.78 Å². The Morgan fingerprint density at radius 1 is 1.38 bits per heavy atom. The van der Waals surface area contributed by atoms with Gasteiger partial charge in [-0.3, -0.25) is 0 Å². The number of hydrogen-bond donors (Lipinski definition) is 0. The topological polar surface area (TPSA) is 58.0 Å². The van der Waals surface area contributed by atoms with Gasteiger partial charge >= 0.3 is 0 Å². The SMILES string of the molecule is COc1cc(F)c(N=[N+]=[N-])cc1F. The fourth-order valence-electron chi connectivity index (χ4n) is 0.799. The predicted molar refractivity (Wildman–Crippen MR) is 41.7 cm³/mol. The molecule has 0 atom stereocenters. The molecule has 0 saturated heterocycles. The first kappa shape index (κ1) is 9.28. The Morgan fingerprint density at radius 2 is 2.08 bits per heavy atom. The van der Waals surface area contributed by atoms with Crippen molar-refractivity contribution in [2.45, 2.75) is 0 Å². The van der Waals surface area contributed by atoms with Crippen LogP contribution in [0.5, 0.6) is 5.75 Å². The molecule has 0 spiro atoms. The molecule has 0 aliphatic heterocycles. The lowest BCUT2D eigenvalue weighted by Gasteiger charge is -2.02. The van der Waals surface area contributed by atoms with E-state index < -0.39 is 11.6 Å². The van der Waals surface area contributed by atoms with Crippen molar-refractivity contribution in [2.24, 2.45) is 5.11 Å². The number of hydrogen-bond acceptors (Lipinski definition) is 2. The zero-order chi connectivity index (χ0) is 9.84. The van der Waals surface area contributed by atoms with Gasteiger partial charge in [0.25, 0.3) is 0 Å². The summed E-state index contributed by atoms with van der Waals surface area (Å²) < 4.78 is 30.3. The highest BCUT2D eigenvalue weighted by Gasteiger charge is 2.08. The first-order valence-electron chi connectivity index (χ1n) is 3.27. The van der Waals surface area contributed by atoms with Crippen molar-refractivity contribution in [1.29, 1.82) is 0 Å². The van der Waals surface area contributed by atoms with E-state index in [0.717, 1.165) is 12.1 Å². The van der Waals surface area contributed by atoms with E-state index in [4.69, 9.17) is 5.53 Å². The molecule has 4 nitrogen and oxygen atoms in total. The molecule has 0 bridgehead atoms. The van der Waals surface area contributed by atoms with Crippen LogP contribution in [0.1, 0.15) is 0 Å². The average molecular weight is 185 g/mol. The second-order valence-electron chi connectivity index (χ2n) is 2.13. The fraction of sp³-hybridized carbons (Fsp3) is 0.143. The van der Waals surface area contributed by atoms with Gasteiger partial charge in [0.05, 0.1) is 12.8 Å². The van der Waals surface area contributed by atoms with Crippen molar-refractivity contribution >= 4 is 5.69 Å². The van der Waals surface area contributed by atoms with Crippen molar-refractivity contribution in [3.63, 3.8) is 0 Å². The summed E-state index contributed by atoms with van der Waals surface area (Å²) in [4.78, 5) is 2.34. The van der Waals surface area contributed by atoms with Gasteiger partial charge in [-0.2, -0.15) is 0 Å². The van der Waals surface area contributed by atoms with Crippen LogP contribution in [-0.2, 0) is 0 Å². The van der Waals surface area contributed by atoms with Gasteiger partial charge in [0.15, 0.2) is 11.6 Å². The Labute approximate surface area is 72.4 Å².